The van der Waals surface area contributed by atoms with Gasteiger partial charge in [0.15, 0.2) is 0 Å². The fraction of sp³-hybridized carbons (Fsp3) is 0.846. The Morgan fingerprint density at radius 1 is 1.38 bits per heavy atom. The summed E-state index contributed by atoms with van der Waals surface area (Å²) in [5, 5.41) is 3.51. The van der Waals surface area contributed by atoms with Crippen molar-refractivity contribution in [3.63, 3.8) is 0 Å². The van der Waals surface area contributed by atoms with Crippen LogP contribution in [0.2, 0.25) is 0 Å². The Balaban J connectivity index is 2.25. The van der Waals surface area contributed by atoms with Crippen molar-refractivity contribution in [1.29, 1.82) is 0 Å². The summed E-state index contributed by atoms with van der Waals surface area (Å²) in [6.07, 6.45) is 6.50. The molecule has 0 amide bonds. The highest BCUT2D eigenvalue weighted by molar-refractivity contribution is 5.07. The largest absolute Gasteiger partial charge is 0.496 e. The molecule has 0 saturated carbocycles. The molecule has 3 nitrogen and oxygen atoms in total. The van der Waals surface area contributed by atoms with Gasteiger partial charge >= 0.3 is 0 Å². The number of ether oxygens (including phenoxy) is 2. The lowest BCUT2D eigenvalue weighted by Crippen LogP contribution is -2.33. The fourth-order valence-electron chi connectivity index (χ4n) is 1.79. The molecular weight excluding hydrogens is 202 g/mol. The molecule has 1 unspecified atom stereocenters. The molecule has 1 rings (SSSR count). The van der Waals surface area contributed by atoms with Gasteiger partial charge in [-0.25, -0.2) is 0 Å². The fourth-order valence-corrected chi connectivity index (χ4v) is 1.79. The molecule has 0 radical (unpaired) electrons. The summed E-state index contributed by atoms with van der Waals surface area (Å²) in [6, 6.07) is 0.347. The minimum absolute atomic E-state index is 0.347. The van der Waals surface area contributed by atoms with E-state index in [-0.39, 0.29) is 0 Å². The minimum Gasteiger partial charge on any atom is -0.496 e. The van der Waals surface area contributed by atoms with Crippen LogP contribution in [0.5, 0.6) is 0 Å². The maximum atomic E-state index is 5.61. The molecular formula is C13H25NO2. The number of rotatable bonds is 9. The highest BCUT2D eigenvalue weighted by atomic mass is 16.5. The smallest absolute Gasteiger partial charge is 0.109 e. The molecule has 0 saturated heterocycles. The monoisotopic (exact) mass is 227 g/mol. The normalized spacial score (nSPS) is 17.0. The average Bonchev–Trinajstić information content (AvgIpc) is 2.82. The maximum Gasteiger partial charge on any atom is 0.109 e. The van der Waals surface area contributed by atoms with E-state index in [0.717, 1.165) is 57.8 Å². The summed E-state index contributed by atoms with van der Waals surface area (Å²) in [6.45, 7) is 7.88. The topological polar surface area (TPSA) is 30.5 Å². The van der Waals surface area contributed by atoms with Gasteiger partial charge in [0.1, 0.15) is 5.76 Å². The van der Waals surface area contributed by atoms with Crippen molar-refractivity contribution in [2.75, 3.05) is 26.4 Å². The second-order valence-electron chi connectivity index (χ2n) is 4.15. The summed E-state index contributed by atoms with van der Waals surface area (Å²) in [7, 11) is 0. The number of nitrogens with one attached hydrogen (secondary N) is 1. The van der Waals surface area contributed by atoms with Crippen molar-refractivity contribution in [1.82, 2.24) is 5.32 Å². The first-order valence-corrected chi connectivity index (χ1v) is 6.52. The summed E-state index contributed by atoms with van der Waals surface area (Å²) >= 11 is 0. The zero-order valence-electron chi connectivity index (χ0n) is 10.6. The van der Waals surface area contributed by atoms with Crippen LogP contribution in [0, 0.1) is 0 Å². The van der Waals surface area contributed by atoms with Gasteiger partial charge in [-0.3, -0.25) is 0 Å². The van der Waals surface area contributed by atoms with Gasteiger partial charge in [-0.2, -0.15) is 0 Å². The van der Waals surface area contributed by atoms with E-state index in [9.17, 15) is 0 Å². The van der Waals surface area contributed by atoms with E-state index >= 15 is 0 Å². The molecule has 0 aromatic rings. The molecule has 1 heterocycles. The van der Waals surface area contributed by atoms with E-state index < -0.39 is 0 Å². The van der Waals surface area contributed by atoms with E-state index in [1.54, 1.807) is 0 Å². The molecule has 1 atom stereocenters. The summed E-state index contributed by atoms with van der Waals surface area (Å²) in [5.74, 6) is 1.12. The van der Waals surface area contributed by atoms with Crippen LogP contribution in [0.4, 0.5) is 0 Å². The third-order valence-corrected chi connectivity index (χ3v) is 2.62. The van der Waals surface area contributed by atoms with Gasteiger partial charge in [-0.1, -0.05) is 13.8 Å². The molecule has 3 heteroatoms. The Bertz CT molecular complexity index is 204. The highest BCUT2D eigenvalue weighted by Crippen LogP contribution is 2.16. The van der Waals surface area contributed by atoms with Crippen molar-refractivity contribution < 1.29 is 9.47 Å². The van der Waals surface area contributed by atoms with Gasteiger partial charge in [-0.05, 0) is 31.9 Å². The lowest BCUT2D eigenvalue weighted by Gasteiger charge is -2.19. The van der Waals surface area contributed by atoms with Crippen molar-refractivity contribution in [3.8, 4) is 0 Å². The Morgan fingerprint density at radius 2 is 2.25 bits per heavy atom. The standard InChI is InChI=1S/C13H25NO2/c1-3-8-14-12(7-11-15-9-4-2)13-6-5-10-16-13/h6,12,14H,3-5,7-11H2,1-2H3. The third-order valence-electron chi connectivity index (χ3n) is 2.62. The number of hydrogen-bond acceptors (Lipinski definition) is 3. The lowest BCUT2D eigenvalue weighted by molar-refractivity contribution is 0.118. The SMILES string of the molecule is CCCNC(CCOCCC)C1=CCCO1. The predicted octanol–water partition coefficient (Wildman–Crippen LogP) is 2.48. The molecule has 0 aromatic heterocycles. The maximum absolute atomic E-state index is 5.61. The van der Waals surface area contributed by atoms with Crippen molar-refractivity contribution in [2.24, 2.45) is 0 Å². The van der Waals surface area contributed by atoms with Gasteiger partial charge in [0.05, 0.1) is 12.6 Å². The Hall–Kier alpha value is -0.540. The summed E-state index contributed by atoms with van der Waals surface area (Å²) < 4.78 is 11.1. The Labute approximate surface area is 99.2 Å². The van der Waals surface area contributed by atoms with Crippen LogP contribution in [-0.4, -0.2) is 32.4 Å². The first kappa shape index (κ1) is 13.5. The zero-order chi connectivity index (χ0) is 11.6. The van der Waals surface area contributed by atoms with Crippen LogP contribution < -0.4 is 5.32 Å². The van der Waals surface area contributed by atoms with E-state index in [0.29, 0.717) is 6.04 Å². The van der Waals surface area contributed by atoms with E-state index in [4.69, 9.17) is 9.47 Å². The third kappa shape index (κ3) is 4.99. The molecule has 0 fully saturated rings. The second-order valence-corrected chi connectivity index (χ2v) is 4.15. The van der Waals surface area contributed by atoms with E-state index in [1.807, 2.05) is 0 Å². The van der Waals surface area contributed by atoms with Crippen LogP contribution in [-0.2, 0) is 9.47 Å². The molecule has 1 N–H and O–H groups in total. The molecule has 1 aliphatic rings. The van der Waals surface area contributed by atoms with Crippen LogP contribution >= 0.6 is 0 Å². The summed E-state index contributed by atoms with van der Waals surface area (Å²) in [4.78, 5) is 0. The average molecular weight is 227 g/mol. The number of hydrogen-bond donors (Lipinski definition) is 1. The lowest BCUT2D eigenvalue weighted by atomic mass is 10.1. The predicted molar refractivity (Wildman–Crippen MR) is 66.5 cm³/mol. The quantitative estimate of drug-likeness (QED) is 0.614. The van der Waals surface area contributed by atoms with Crippen LogP contribution in [0.3, 0.4) is 0 Å². The van der Waals surface area contributed by atoms with E-state index in [1.165, 1.54) is 0 Å². The molecule has 94 valence electrons. The Kier molecular flexibility index (Phi) is 7.26. The molecule has 0 bridgehead atoms. The molecule has 16 heavy (non-hydrogen) atoms. The van der Waals surface area contributed by atoms with Crippen molar-refractivity contribution in [3.05, 3.63) is 11.8 Å². The minimum atomic E-state index is 0.347. The van der Waals surface area contributed by atoms with Gasteiger partial charge in [0, 0.05) is 19.6 Å². The van der Waals surface area contributed by atoms with Gasteiger partial charge < -0.3 is 14.8 Å². The highest BCUT2D eigenvalue weighted by Gasteiger charge is 2.17. The van der Waals surface area contributed by atoms with Gasteiger partial charge in [-0.15, -0.1) is 0 Å². The van der Waals surface area contributed by atoms with Crippen LogP contribution in [0.25, 0.3) is 0 Å². The molecule has 0 aromatic carbocycles. The first-order valence-electron chi connectivity index (χ1n) is 6.52. The van der Waals surface area contributed by atoms with E-state index in [2.05, 4.69) is 25.2 Å². The van der Waals surface area contributed by atoms with Crippen LogP contribution in [0.1, 0.15) is 39.5 Å². The molecule has 0 aliphatic carbocycles. The zero-order valence-corrected chi connectivity index (χ0v) is 10.6. The van der Waals surface area contributed by atoms with Gasteiger partial charge in [0.25, 0.3) is 0 Å². The van der Waals surface area contributed by atoms with Crippen molar-refractivity contribution >= 4 is 0 Å². The van der Waals surface area contributed by atoms with Crippen molar-refractivity contribution in [2.45, 2.75) is 45.6 Å². The molecule has 1 aliphatic heterocycles. The van der Waals surface area contributed by atoms with Gasteiger partial charge in [0.2, 0.25) is 0 Å². The summed E-state index contributed by atoms with van der Waals surface area (Å²) in [5.41, 5.74) is 0. The first-order chi connectivity index (χ1) is 7.88. The van der Waals surface area contributed by atoms with Crippen LogP contribution in [0.15, 0.2) is 11.8 Å². The Morgan fingerprint density at radius 3 is 2.88 bits per heavy atom. The molecule has 0 spiro atoms. The second kappa shape index (κ2) is 8.59.